The molecule has 1 saturated heterocycles. The van der Waals surface area contributed by atoms with E-state index in [2.05, 4.69) is 5.32 Å². The number of nitrogens with one attached hydrogen (secondary N) is 1. The molecule has 5 aliphatic rings. The summed E-state index contributed by atoms with van der Waals surface area (Å²) in [4.78, 5) is 0. The van der Waals surface area contributed by atoms with Crippen molar-refractivity contribution in [2.75, 3.05) is 19.7 Å². The maximum absolute atomic E-state index is 6.49. The van der Waals surface area contributed by atoms with Crippen LogP contribution in [0.4, 0.5) is 0 Å². The minimum absolute atomic E-state index is 0.331. The second-order valence-electron chi connectivity index (χ2n) is 7.27. The molecule has 0 aromatic carbocycles. The van der Waals surface area contributed by atoms with Crippen molar-refractivity contribution in [3.63, 3.8) is 0 Å². The quantitative estimate of drug-likeness (QED) is 0.812. The van der Waals surface area contributed by atoms with Gasteiger partial charge in [0, 0.05) is 6.54 Å². The van der Waals surface area contributed by atoms with E-state index in [1.54, 1.807) is 0 Å². The van der Waals surface area contributed by atoms with Crippen LogP contribution in [0, 0.1) is 23.7 Å². The lowest BCUT2D eigenvalue weighted by Gasteiger charge is -2.56. The van der Waals surface area contributed by atoms with E-state index in [0.29, 0.717) is 5.60 Å². The Hall–Kier alpha value is -0.0800. The summed E-state index contributed by atoms with van der Waals surface area (Å²) in [6, 6.07) is 0. The molecule has 2 heteroatoms. The van der Waals surface area contributed by atoms with Crippen LogP contribution in [0.15, 0.2) is 0 Å². The number of rotatable bonds is 3. The number of ether oxygens (including phenoxy) is 1. The van der Waals surface area contributed by atoms with Crippen molar-refractivity contribution >= 4 is 0 Å². The summed E-state index contributed by atoms with van der Waals surface area (Å²) in [7, 11) is 0. The highest BCUT2D eigenvalue weighted by molar-refractivity contribution is 5.03. The third-order valence-electron chi connectivity index (χ3n) is 5.77. The zero-order valence-electron chi connectivity index (χ0n) is 10.8. The molecule has 17 heavy (non-hydrogen) atoms. The molecule has 5 rings (SSSR count). The van der Waals surface area contributed by atoms with Crippen molar-refractivity contribution in [1.29, 1.82) is 0 Å². The Morgan fingerprint density at radius 1 is 1.00 bits per heavy atom. The molecule has 0 spiro atoms. The molecule has 2 nitrogen and oxygen atoms in total. The standard InChI is InChI=1S/C15H25NO/c1-2-16-9-11(1)10-17-15-6-12-3-13(7-15)5-14(4-12)8-15/h11-14,16H,1-10H2. The molecule has 4 aliphatic carbocycles. The summed E-state index contributed by atoms with van der Waals surface area (Å²) in [5.74, 6) is 3.84. The number of hydrogen-bond acceptors (Lipinski definition) is 2. The molecule has 1 unspecified atom stereocenters. The van der Waals surface area contributed by atoms with Crippen molar-refractivity contribution < 1.29 is 4.74 Å². The lowest BCUT2D eigenvalue weighted by atomic mass is 9.54. The molecule has 1 aliphatic heterocycles. The van der Waals surface area contributed by atoms with Gasteiger partial charge in [-0.05, 0) is 75.2 Å². The second kappa shape index (κ2) is 3.96. The molecule has 1 atom stereocenters. The normalized spacial score (nSPS) is 52.2. The predicted octanol–water partition coefficient (Wildman–Crippen LogP) is 2.58. The summed E-state index contributed by atoms with van der Waals surface area (Å²) in [6.07, 6.45) is 10.1. The second-order valence-corrected chi connectivity index (χ2v) is 7.27. The highest BCUT2D eigenvalue weighted by Gasteiger charge is 2.51. The van der Waals surface area contributed by atoms with Crippen molar-refractivity contribution in [2.24, 2.45) is 23.7 Å². The van der Waals surface area contributed by atoms with Gasteiger partial charge in [0.15, 0.2) is 0 Å². The van der Waals surface area contributed by atoms with E-state index in [9.17, 15) is 0 Å². The Morgan fingerprint density at radius 2 is 1.65 bits per heavy atom. The van der Waals surface area contributed by atoms with Crippen LogP contribution in [0.3, 0.4) is 0 Å². The fraction of sp³-hybridized carbons (Fsp3) is 1.00. The van der Waals surface area contributed by atoms with Gasteiger partial charge in [0.1, 0.15) is 0 Å². The third kappa shape index (κ3) is 1.94. The zero-order chi connectivity index (χ0) is 11.3. The van der Waals surface area contributed by atoms with Gasteiger partial charge in [-0.3, -0.25) is 0 Å². The van der Waals surface area contributed by atoms with Crippen LogP contribution in [0.25, 0.3) is 0 Å². The first kappa shape index (κ1) is 10.8. The van der Waals surface area contributed by atoms with Crippen LogP contribution >= 0.6 is 0 Å². The van der Waals surface area contributed by atoms with E-state index in [-0.39, 0.29) is 0 Å². The largest absolute Gasteiger partial charge is 0.375 e. The summed E-state index contributed by atoms with van der Waals surface area (Å²) in [5.41, 5.74) is 0.331. The average Bonchev–Trinajstić information content (AvgIpc) is 2.77. The fourth-order valence-electron chi connectivity index (χ4n) is 5.36. The highest BCUT2D eigenvalue weighted by atomic mass is 16.5. The lowest BCUT2D eigenvalue weighted by Crippen LogP contribution is -2.52. The van der Waals surface area contributed by atoms with E-state index >= 15 is 0 Å². The van der Waals surface area contributed by atoms with Crippen LogP contribution in [-0.2, 0) is 4.74 Å². The van der Waals surface area contributed by atoms with Gasteiger partial charge < -0.3 is 10.1 Å². The first-order chi connectivity index (χ1) is 8.31. The van der Waals surface area contributed by atoms with Crippen LogP contribution < -0.4 is 5.32 Å². The zero-order valence-corrected chi connectivity index (χ0v) is 10.8. The Kier molecular flexibility index (Phi) is 2.52. The molecule has 96 valence electrons. The van der Waals surface area contributed by atoms with E-state index in [1.807, 2.05) is 0 Å². The lowest BCUT2D eigenvalue weighted by molar-refractivity contribution is -0.167. The van der Waals surface area contributed by atoms with Crippen molar-refractivity contribution in [2.45, 2.75) is 50.5 Å². The van der Waals surface area contributed by atoms with Crippen LogP contribution in [0.2, 0.25) is 0 Å². The Balaban J connectivity index is 1.42. The predicted molar refractivity (Wildman–Crippen MR) is 67.8 cm³/mol. The van der Waals surface area contributed by atoms with E-state index in [1.165, 1.54) is 58.0 Å². The average molecular weight is 235 g/mol. The van der Waals surface area contributed by atoms with E-state index in [0.717, 1.165) is 30.3 Å². The van der Waals surface area contributed by atoms with E-state index < -0.39 is 0 Å². The first-order valence-corrected chi connectivity index (χ1v) is 7.66. The molecule has 4 saturated carbocycles. The Morgan fingerprint density at radius 3 is 2.18 bits per heavy atom. The molecular weight excluding hydrogens is 210 g/mol. The fourth-order valence-corrected chi connectivity index (χ4v) is 5.36. The van der Waals surface area contributed by atoms with E-state index in [4.69, 9.17) is 4.74 Å². The topological polar surface area (TPSA) is 21.3 Å². The summed E-state index contributed by atoms with van der Waals surface area (Å²) in [6.45, 7) is 3.42. The smallest absolute Gasteiger partial charge is 0.0690 e. The maximum atomic E-state index is 6.49. The van der Waals surface area contributed by atoms with Crippen molar-refractivity contribution in [3.05, 3.63) is 0 Å². The minimum Gasteiger partial charge on any atom is -0.375 e. The monoisotopic (exact) mass is 235 g/mol. The summed E-state index contributed by atoms with van der Waals surface area (Å²) < 4.78 is 6.49. The molecule has 1 heterocycles. The molecule has 0 amide bonds. The Labute approximate surface area is 104 Å². The minimum atomic E-state index is 0.331. The van der Waals surface area contributed by atoms with Gasteiger partial charge >= 0.3 is 0 Å². The van der Waals surface area contributed by atoms with Crippen molar-refractivity contribution in [3.8, 4) is 0 Å². The molecule has 0 radical (unpaired) electrons. The molecule has 5 fully saturated rings. The van der Waals surface area contributed by atoms with Gasteiger partial charge in [0.05, 0.1) is 12.2 Å². The molecular formula is C15H25NO. The number of hydrogen-bond donors (Lipinski definition) is 1. The summed E-state index contributed by atoms with van der Waals surface area (Å²) in [5, 5.41) is 3.45. The van der Waals surface area contributed by atoms with Crippen molar-refractivity contribution in [1.82, 2.24) is 5.32 Å². The molecule has 0 aromatic rings. The van der Waals surface area contributed by atoms with Crippen LogP contribution in [0.1, 0.15) is 44.9 Å². The van der Waals surface area contributed by atoms with Gasteiger partial charge in [-0.1, -0.05) is 0 Å². The van der Waals surface area contributed by atoms with Gasteiger partial charge in [0.25, 0.3) is 0 Å². The first-order valence-electron chi connectivity index (χ1n) is 7.66. The molecule has 0 aromatic heterocycles. The highest BCUT2D eigenvalue weighted by Crippen LogP contribution is 2.57. The van der Waals surface area contributed by atoms with Crippen LogP contribution in [0.5, 0.6) is 0 Å². The van der Waals surface area contributed by atoms with Gasteiger partial charge in [-0.25, -0.2) is 0 Å². The van der Waals surface area contributed by atoms with Gasteiger partial charge in [-0.2, -0.15) is 0 Å². The maximum Gasteiger partial charge on any atom is 0.0690 e. The molecule has 1 N–H and O–H groups in total. The summed E-state index contributed by atoms with van der Waals surface area (Å²) >= 11 is 0. The molecule has 4 bridgehead atoms. The van der Waals surface area contributed by atoms with Gasteiger partial charge in [0.2, 0.25) is 0 Å². The van der Waals surface area contributed by atoms with Gasteiger partial charge in [-0.15, -0.1) is 0 Å². The SMILES string of the molecule is C1CC(COC23CC4CC(CC(C4)C2)C3)CN1. The Bertz CT molecular complexity index is 260. The third-order valence-corrected chi connectivity index (χ3v) is 5.77. The van der Waals surface area contributed by atoms with Crippen LogP contribution in [-0.4, -0.2) is 25.3 Å².